The zero-order valence-corrected chi connectivity index (χ0v) is 17.9. The van der Waals surface area contributed by atoms with Crippen molar-refractivity contribution < 1.29 is 31.5 Å². The molecule has 6 nitrogen and oxygen atoms in total. The van der Waals surface area contributed by atoms with E-state index < -0.39 is 23.5 Å². The van der Waals surface area contributed by atoms with Crippen LogP contribution in [0.15, 0.2) is 59.2 Å². The van der Waals surface area contributed by atoms with Crippen LogP contribution in [-0.4, -0.2) is 36.1 Å². The minimum Gasteiger partial charge on any atom is -0.447 e. The molecule has 1 amide bonds. The molecule has 2 aromatic carbocycles. The maximum Gasteiger partial charge on any atom is 0.416 e. The molecule has 0 spiro atoms. The van der Waals surface area contributed by atoms with Crippen molar-refractivity contribution in [3.63, 3.8) is 0 Å². The predicted octanol–water partition coefficient (Wildman–Crippen LogP) is 4.41. The van der Waals surface area contributed by atoms with E-state index in [2.05, 4.69) is 10.3 Å². The van der Waals surface area contributed by atoms with Crippen LogP contribution >= 0.6 is 0 Å². The molecule has 0 radical (unpaired) electrons. The first-order valence-electron chi connectivity index (χ1n) is 10.1. The standard InChI is InChI=1S/C23H23F4N3O3/c1-32-10-9-28-22(31)20-15-33-21(29-20)14-30(13-17-6-2-3-8-19(17)24)12-16-5-4-7-18(11-16)23(25,26)27/h2-8,11,15H,9-10,12-14H2,1H3,(H,28,31). The van der Waals surface area contributed by atoms with Crippen LogP contribution in [0.25, 0.3) is 0 Å². The van der Waals surface area contributed by atoms with Crippen molar-refractivity contribution >= 4 is 5.91 Å². The molecule has 0 saturated heterocycles. The summed E-state index contributed by atoms with van der Waals surface area (Å²) in [5.74, 6) is -0.701. The van der Waals surface area contributed by atoms with Gasteiger partial charge in [-0.1, -0.05) is 36.4 Å². The number of aromatic nitrogens is 1. The number of rotatable bonds is 10. The number of benzene rings is 2. The van der Waals surface area contributed by atoms with Crippen LogP contribution in [0, 0.1) is 5.82 Å². The Balaban J connectivity index is 1.78. The average molecular weight is 465 g/mol. The highest BCUT2D eigenvalue weighted by Crippen LogP contribution is 2.30. The van der Waals surface area contributed by atoms with E-state index in [-0.39, 0.29) is 31.2 Å². The van der Waals surface area contributed by atoms with E-state index in [0.29, 0.717) is 24.3 Å². The topological polar surface area (TPSA) is 67.6 Å². The fourth-order valence-corrected chi connectivity index (χ4v) is 3.18. The minimum atomic E-state index is -4.47. The van der Waals surface area contributed by atoms with Gasteiger partial charge in [0, 0.05) is 32.3 Å². The molecule has 0 unspecified atom stereocenters. The van der Waals surface area contributed by atoms with E-state index in [4.69, 9.17) is 9.15 Å². The molecule has 3 rings (SSSR count). The summed E-state index contributed by atoms with van der Waals surface area (Å²) in [5.41, 5.74) is 0.0572. The van der Waals surface area contributed by atoms with Crippen LogP contribution in [-0.2, 0) is 30.5 Å². The van der Waals surface area contributed by atoms with Gasteiger partial charge in [-0.05, 0) is 17.7 Å². The van der Waals surface area contributed by atoms with Crippen LogP contribution in [0.5, 0.6) is 0 Å². The third-order valence-electron chi connectivity index (χ3n) is 4.75. The number of oxazole rings is 1. The van der Waals surface area contributed by atoms with E-state index in [1.54, 1.807) is 29.2 Å². The fourth-order valence-electron chi connectivity index (χ4n) is 3.18. The number of hydrogen-bond donors (Lipinski definition) is 1. The molecule has 0 fully saturated rings. The van der Waals surface area contributed by atoms with E-state index >= 15 is 0 Å². The number of nitrogens with zero attached hydrogens (tertiary/aromatic N) is 2. The van der Waals surface area contributed by atoms with Gasteiger partial charge in [0.15, 0.2) is 5.69 Å². The highest BCUT2D eigenvalue weighted by atomic mass is 19.4. The van der Waals surface area contributed by atoms with Crippen LogP contribution in [0.1, 0.15) is 33.1 Å². The Kier molecular flexibility index (Phi) is 8.18. The molecule has 10 heteroatoms. The third-order valence-corrected chi connectivity index (χ3v) is 4.75. The molecule has 0 bridgehead atoms. The second-order valence-corrected chi connectivity index (χ2v) is 7.31. The van der Waals surface area contributed by atoms with Gasteiger partial charge in [0.1, 0.15) is 12.1 Å². The lowest BCUT2D eigenvalue weighted by atomic mass is 10.1. The second kappa shape index (κ2) is 11.1. The summed E-state index contributed by atoms with van der Waals surface area (Å²) >= 11 is 0. The number of amides is 1. The zero-order chi connectivity index (χ0) is 23.8. The van der Waals surface area contributed by atoms with Crippen LogP contribution < -0.4 is 5.32 Å². The minimum absolute atomic E-state index is 0.0515. The van der Waals surface area contributed by atoms with E-state index in [0.717, 1.165) is 12.1 Å². The zero-order valence-electron chi connectivity index (χ0n) is 17.9. The van der Waals surface area contributed by atoms with Gasteiger partial charge in [-0.15, -0.1) is 0 Å². The summed E-state index contributed by atoms with van der Waals surface area (Å²) in [6, 6.07) is 11.1. The summed E-state index contributed by atoms with van der Waals surface area (Å²) < 4.78 is 63.8. The SMILES string of the molecule is COCCNC(=O)c1coc(CN(Cc2cccc(C(F)(F)F)c2)Cc2ccccc2F)n1. The monoisotopic (exact) mass is 465 g/mol. The Labute approximate surface area is 188 Å². The molecule has 0 aliphatic rings. The van der Waals surface area contributed by atoms with Crippen molar-refractivity contribution in [1.82, 2.24) is 15.2 Å². The van der Waals surface area contributed by atoms with E-state index in [9.17, 15) is 22.4 Å². The number of halogens is 4. The van der Waals surface area contributed by atoms with Crippen LogP contribution in [0.2, 0.25) is 0 Å². The van der Waals surface area contributed by atoms with Gasteiger partial charge in [0.05, 0.1) is 18.7 Å². The molecule has 0 aliphatic carbocycles. The number of nitrogens with one attached hydrogen (secondary N) is 1. The van der Waals surface area contributed by atoms with Crippen LogP contribution in [0.4, 0.5) is 17.6 Å². The summed E-state index contributed by atoms with van der Waals surface area (Å²) in [7, 11) is 1.51. The Morgan fingerprint density at radius 3 is 2.64 bits per heavy atom. The van der Waals surface area contributed by atoms with Crippen LogP contribution in [0.3, 0.4) is 0 Å². The molecular formula is C23H23F4N3O3. The Morgan fingerprint density at radius 2 is 1.91 bits per heavy atom. The molecule has 33 heavy (non-hydrogen) atoms. The van der Waals surface area contributed by atoms with Gasteiger partial charge in [-0.2, -0.15) is 13.2 Å². The maximum atomic E-state index is 14.2. The molecule has 1 N–H and O–H groups in total. The second-order valence-electron chi connectivity index (χ2n) is 7.31. The molecule has 176 valence electrons. The van der Waals surface area contributed by atoms with Crippen molar-refractivity contribution in [2.24, 2.45) is 0 Å². The summed E-state index contributed by atoms with van der Waals surface area (Å²) in [6.45, 7) is 0.864. The van der Waals surface area contributed by atoms with Gasteiger partial charge >= 0.3 is 6.18 Å². The number of carbonyl (C=O) groups is 1. The number of ether oxygens (including phenoxy) is 1. The maximum absolute atomic E-state index is 14.2. The molecule has 1 aromatic heterocycles. The fraction of sp³-hybridized carbons (Fsp3) is 0.304. The number of hydrogen-bond acceptors (Lipinski definition) is 5. The smallest absolute Gasteiger partial charge is 0.416 e. The van der Waals surface area contributed by atoms with Crippen molar-refractivity contribution in [3.8, 4) is 0 Å². The first-order valence-corrected chi connectivity index (χ1v) is 10.1. The van der Waals surface area contributed by atoms with Gasteiger partial charge in [0.25, 0.3) is 5.91 Å². The van der Waals surface area contributed by atoms with E-state index in [1.807, 2.05) is 0 Å². The third kappa shape index (κ3) is 7.13. The highest BCUT2D eigenvalue weighted by molar-refractivity contribution is 5.91. The van der Waals surface area contributed by atoms with Crippen molar-refractivity contribution in [1.29, 1.82) is 0 Å². The quantitative estimate of drug-likeness (QED) is 0.355. The first kappa shape index (κ1) is 24.4. The lowest BCUT2D eigenvalue weighted by Gasteiger charge is -2.22. The molecule has 0 saturated carbocycles. The van der Waals surface area contributed by atoms with Crippen molar-refractivity contribution in [2.75, 3.05) is 20.3 Å². The lowest BCUT2D eigenvalue weighted by Crippen LogP contribution is -2.27. The summed E-state index contributed by atoms with van der Waals surface area (Å²) in [5, 5.41) is 2.62. The molecule has 0 aliphatic heterocycles. The summed E-state index contributed by atoms with van der Waals surface area (Å²) in [6.07, 6.45) is -3.27. The van der Waals surface area contributed by atoms with E-state index in [1.165, 1.54) is 25.5 Å². The Bertz CT molecular complexity index is 1070. The predicted molar refractivity (Wildman–Crippen MR) is 112 cm³/mol. The van der Waals surface area contributed by atoms with Crippen molar-refractivity contribution in [2.45, 2.75) is 25.8 Å². The molecular weight excluding hydrogens is 442 g/mol. The number of alkyl halides is 3. The van der Waals surface area contributed by atoms with Gasteiger partial charge in [-0.25, -0.2) is 9.37 Å². The van der Waals surface area contributed by atoms with Gasteiger partial charge < -0.3 is 14.5 Å². The molecule has 0 atom stereocenters. The first-order chi connectivity index (χ1) is 15.8. The Morgan fingerprint density at radius 1 is 1.12 bits per heavy atom. The lowest BCUT2D eigenvalue weighted by molar-refractivity contribution is -0.137. The van der Waals surface area contributed by atoms with Gasteiger partial charge in [-0.3, -0.25) is 9.69 Å². The normalized spacial score (nSPS) is 11.7. The molecule has 3 aromatic rings. The highest BCUT2D eigenvalue weighted by Gasteiger charge is 2.30. The summed E-state index contributed by atoms with van der Waals surface area (Å²) in [4.78, 5) is 18.0. The number of carbonyl (C=O) groups excluding carboxylic acids is 1. The molecule has 1 heterocycles. The van der Waals surface area contributed by atoms with Crippen molar-refractivity contribution in [3.05, 3.63) is 88.9 Å². The average Bonchev–Trinajstić information content (AvgIpc) is 3.24. The largest absolute Gasteiger partial charge is 0.447 e. The number of methoxy groups -OCH3 is 1. The Hall–Kier alpha value is -3.24. The van der Waals surface area contributed by atoms with Gasteiger partial charge in [0.2, 0.25) is 5.89 Å².